The third-order valence-corrected chi connectivity index (χ3v) is 7.89. The van der Waals surface area contributed by atoms with E-state index in [1.54, 1.807) is 41.8 Å². The van der Waals surface area contributed by atoms with Crippen molar-refractivity contribution in [3.8, 4) is 10.4 Å². The average Bonchev–Trinajstić information content (AvgIpc) is 3.56. The summed E-state index contributed by atoms with van der Waals surface area (Å²) >= 11 is 2.98. The number of hydrogen-bond acceptors (Lipinski definition) is 6. The van der Waals surface area contributed by atoms with E-state index in [0.29, 0.717) is 38.9 Å². The van der Waals surface area contributed by atoms with Crippen molar-refractivity contribution in [2.45, 2.75) is 19.9 Å². The molecule has 1 saturated heterocycles. The fourth-order valence-corrected chi connectivity index (χ4v) is 6.21. The molecule has 5 rings (SSSR count). The van der Waals surface area contributed by atoms with E-state index in [9.17, 15) is 18.4 Å². The first-order valence-electron chi connectivity index (χ1n) is 10.9. The van der Waals surface area contributed by atoms with Crippen LogP contribution in [-0.2, 0) is 0 Å². The van der Waals surface area contributed by atoms with Gasteiger partial charge < -0.3 is 14.6 Å². The second-order valence-electron chi connectivity index (χ2n) is 8.25. The molecule has 1 fully saturated rings. The summed E-state index contributed by atoms with van der Waals surface area (Å²) in [7, 11) is 0. The van der Waals surface area contributed by atoms with Crippen molar-refractivity contribution in [1.82, 2.24) is 15.2 Å². The number of thioether (sulfide) groups is 1. The smallest absolute Gasteiger partial charge is 0.275 e. The average molecular weight is 514 g/mol. The number of fused-ring (bicyclic) bond motifs is 1. The monoisotopic (exact) mass is 513 g/mol. The number of benzene rings is 2. The maximum atomic E-state index is 14.1. The fraction of sp³-hybridized carbons (Fsp3) is 0.240. The van der Waals surface area contributed by atoms with Crippen LogP contribution in [0.25, 0.3) is 21.4 Å². The Morgan fingerprint density at radius 3 is 2.71 bits per heavy atom. The molecule has 2 amide bonds. The van der Waals surface area contributed by atoms with Crippen molar-refractivity contribution in [1.29, 1.82) is 0 Å². The van der Waals surface area contributed by atoms with Crippen molar-refractivity contribution in [2.24, 2.45) is 0 Å². The van der Waals surface area contributed by atoms with Crippen LogP contribution in [0.1, 0.15) is 31.6 Å². The van der Waals surface area contributed by atoms with E-state index in [1.807, 2.05) is 6.92 Å². The molecule has 1 N–H and O–H groups in total. The Labute approximate surface area is 208 Å². The van der Waals surface area contributed by atoms with Crippen molar-refractivity contribution >= 4 is 45.9 Å². The molecule has 0 spiro atoms. The molecule has 2 aromatic carbocycles. The second kappa shape index (κ2) is 9.43. The minimum Gasteiger partial charge on any atom is -0.458 e. The number of hydrogen-bond donors (Lipinski definition) is 1. The van der Waals surface area contributed by atoms with Gasteiger partial charge in [-0.1, -0.05) is 12.1 Å². The first-order valence-corrected chi connectivity index (χ1v) is 12.9. The quantitative estimate of drug-likeness (QED) is 0.387. The molecule has 6 nitrogen and oxygen atoms in total. The van der Waals surface area contributed by atoms with Gasteiger partial charge in [0.05, 0.1) is 27.4 Å². The van der Waals surface area contributed by atoms with Crippen LogP contribution in [0.2, 0.25) is 0 Å². The minimum absolute atomic E-state index is 0.0515. The zero-order valence-corrected chi connectivity index (χ0v) is 20.6. The Morgan fingerprint density at radius 1 is 1.17 bits per heavy atom. The number of thiazole rings is 1. The Balaban J connectivity index is 1.34. The zero-order valence-electron chi connectivity index (χ0n) is 18.9. The number of carbonyl (C=O) groups excluding carboxylic acids is 2. The summed E-state index contributed by atoms with van der Waals surface area (Å²) in [4.78, 5) is 33.3. The predicted octanol–water partition coefficient (Wildman–Crippen LogP) is 5.40. The van der Waals surface area contributed by atoms with Gasteiger partial charge in [-0.05, 0) is 49.7 Å². The summed E-state index contributed by atoms with van der Waals surface area (Å²) in [6.45, 7) is 3.76. The molecule has 1 aliphatic rings. The number of furan rings is 1. The number of aromatic nitrogens is 1. The number of nitrogens with zero attached hydrogens (tertiary/aromatic N) is 2. The van der Waals surface area contributed by atoms with Crippen LogP contribution in [0, 0.1) is 25.5 Å². The Morgan fingerprint density at radius 2 is 1.94 bits per heavy atom. The van der Waals surface area contributed by atoms with Gasteiger partial charge in [0.15, 0.2) is 11.4 Å². The molecule has 3 heterocycles. The molecule has 180 valence electrons. The Kier molecular flexibility index (Phi) is 6.33. The summed E-state index contributed by atoms with van der Waals surface area (Å²) in [5.41, 5.74) is 1.42. The molecular weight excluding hydrogens is 492 g/mol. The topological polar surface area (TPSA) is 75.4 Å². The van der Waals surface area contributed by atoms with E-state index in [2.05, 4.69) is 10.3 Å². The van der Waals surface area contributed by atoms with Crippen LogP contribution in [0.5, 0.6) is 0 Å². The molecule has 0 bridgehead atoms. The fourth-order valence-electron chi connectivity index (χ4n) is 4.10. The predicted molar refractivity (Wildman–Crippen MR) is 133 cm³/mol. The molecule has 0 aliphatic carbocycles. The molecule has 0 unspecified atom stereocenters. The van der Waals surface area contributed by atoms with Crippen molar-refractivity contribution in [3.63, 3.8) is 0 Å². The lowest BCUT2D eigenvalue weighted by Crippen LogP contribution is -2.44. The van der Waals surface area contributed by atoms with Gasteiger partial charge in [-0.3, -0.25) is 9.59 Å². The van der Waals surface area contributed by atoms with Crippen molar-refractivity contribution < 1.29 is 22.8 Å². The first-order chi connectivity index (χ1) is 16.8. The number of rotatable bonds is 5. The van der Waals surface area contributed by atoms with Crippen LogP contribution in [-0.4, -0.2) is 45.9 Å². The molecule has 10 heteroatoms. The van der Waals surface area contributed by atoms with Gasteiger partial charge in [0, 0.05) is 17.7 Å². The summed E-state index contributed by atoms with van der Waals surface area (Å²) in [5.74, 6) is 0.177. The highest BCUT2D eigenvalue weighted by Crippen LogP contribution is 2.33. The number of amides is 2. The number of carbonyl (C=O) groups is 2. The van der Waals surface area contributed by atoms with Crippen LogP contribution < -0.4 is 5.32 Å². The number of halogens is 2. The van der Waals surface area contributed by atoms with Crippen LogP contribution in [0.4, 0.5) is 8.78 Å². The van der Waals surface area contributed by atoms with Gasteiger partial charge in [0.2, 0.25) is 0 Å². The molecule has 0 radical (unpaired) electrons. The molecule has 0 saturated carbocycles. The highest BCUT2D eigenvalue weighted by Gasteiger charge is 2.33. The van der Waals surface area contributed by atoms with E-state index < -0.39 is 5.82 Å². The van der Waals surface area contributed by atoms with Gasteiger partial charge in [0.1, 0.15) is 17.3 Å². The van der Waals surface area contributed by atoms with E-state index in [1.165, 1.54) is 35.6 Å². The third kappa shape index (κ3) is 4.55. The van der Waals surface area contributed by atoms with Crippen LogP contribution in [0.15, 0.2) is 46.9 Å². The van der Waals surface area contributed by atoms with Crippen molar-refractivity contribution in [3.05, 3.63) is 76.1 Å². The van der Waals surface area contributed by atoms with Crippen LogP contribution in [0.3, 0.4) is 0 Å². The minimum atomic E-state index is -0.524. The highest BCUT2D eigenvalue weighted by molar-refractivity contribution is 7.99. The molecule has 35 heavy (non-hydrogen) atoms. The molecule has 4 aromatic rings. The highest BCUT2D eigenvalue weighted by atomic mass is 32.2. The van der Waals surface area contributed by atoms with E-state index in [4.69, 9.17) is 4.42 Å². The summed E-state index contributed by atoms with van der Waals surface area (Å²) in [6.07, 6.45) is 0. The molecule has 2 aromatic heterocycles. The Bertz CT molecular complexity index is 1430. The second-order valence-corrected chi connectivity index (χ2v) is 10.5. The maximum Gasteiger partial charge on any atom is 0.275 e. The van der Waals surface area contributed by atoms with Crippen LogP contribution >= 0.6 is 23.1 Å². The van der Waals surface area contributed by atoms with E-state index in [-0.39, 0.29) is 35.8 Å². The van der Waals surface area contributed by atoms with E-state index in [0.717, 1.165) is 10.6 Å². The van der Waals surface area contributed by atoms with Gasteiger partial charge in [0.25, 0.3) is 11.8 Å². The van der Waals surface area contributed by atoms with Gasteiger partial charge >= 0.3 is 0 Å². The Hall–Kier alpha value is -3.24. The standard InChI is InChI=1S/C25H21F2N3O3S2/c1-13-9-19-18(7-8-20(27)22(19)33-13)24(31)28-10-17-11-34-12-30(17)25(32)21-23(35-14(2)29-21)15-3-5-16(26)6-4-15/h3-9,17H,10-12H2,1-2H3,(H,28,31)/t17-/m1/s1. The normalized spacial score (nSPS) is 15.7. The summed E-state index contributed by atoms with van der Waals surface area (Å²) in [5, 5.41) is 4.03. The SMILES string of the molecule is Cc1cc2c(C(=O)NC[C@@H]3CSCN3C(=O)c3nc(C)sc3-c3ccc(F)cc3)ccc(F)c2o1. The molecule has 1 atom stereocenters. The summed E-state index contributed by atoms with van der Waals surface area (Å²) in [6, 6.07) is 10.0. The number of aryl methyl sites for hydroxylation is 2. The molecular formula is C25H21F2N3O3S2. The number of nitrogens with one attached hydrogen (secondary N) is 1. The van der Waals surface area contributed by atoms with E-state index >= 15 is 0 Å². The third-order valence-electron chi connectivity index (χ3n) is 5.79. The zero-order chi connectivity index (χ0) is 24.7. The lowest BCUT2D eigenvalue weighted by molar-refractivity contribution is 0.0732. The van der Waals surface area contributed by atoms with Gasteiger partial charge in [-0.2, -0.15) is 0 Å². The largest absolute Gasteiger partial charge is 0.458 e. The first kappa shape index (κ1) is 23.5. The summed E-state index contributed by atoms with van der Waals surface area (Å²) < 4.78 is 32.8. The molecule has 1 aliphatic heterocycles. The van der Waals surface area contributed by atoms with Gasteiger partial charge in [-0.15, -0.1) is 23.1 Å². The maximum absolute atomic E-state index is 14.1. The van der Waals surface area contributed by atoms with Crippen molar-refractivity contribution in [2.75, 3.05) is 18.2 Å². The lowest BCUT2D eigenvalue weighted by atomic mass is 10.1. The van der Waals surface area contributed by atoms with Gasteiger partial charge in [-0.25, -0.2) is 13.8 Å². The lowest BCUT2D eigenvalue weighted by Gasteiger charge is -2.24.